The van der Waals surface area contributed by atoms with Crippen molar-refractivity contribution in [1.82, 2.24) is 9.88 Å². The molecule has 0 unspecified atom stereocenters. The van der Waals surface area contributed by atoms with Gasteiger partial charge in [0.15, 0.2) is 5.69 Å². The third kappa shape index (κ3) is 3.28. The molecule has 2 aromatic heterocycles. The fourth-order valence-electron chi connectivity index (χ4n) is 2.05. The lowest BCUT2D eigenvalue weighted by molar-refractivity contribution is -0.510. The highest BCUT2D eigenvalue weighted by Gasteiger charge is 2.13. The zero-order chi connectivity index (χ0) is 13.8. The molecule has 19 heavy (non-hydrogen) atoms. The van der Waals surface area contributed by atoms with Gasteiger partial charge < -0.3 is 4.90 Å². The molecule has 0 radical (unpaired) electrons. The highest BCUT2D eigenvalue weighted by atomic mass is 32.2. The Hall–Kier alpha value is -1.07. The van der Waals surface area contributed by atoms with Crippen molar-refractivity contribution in [3.05, 3.63) is 35.8 Å². The zero-order valence-corrected chi connectivity index (χ0v) is 13.3. The maximum Gasteiger partial charge on any atom is 0.287 e. The number of pyridine rings is 1. The van der Waals surface area contributed by atoms with Crippen LogP contribution in [0.1, 0.15) is 25.1 Å². The molecule has 0 aliphatic rings. The predicted molar refractivity (Wildman–Crippen MR) is 85.5 cm³/mol. The number of nitrogens with one attached hydrogen (secondary N) is 1. The summed E-state index contributed by atoms with van der Waals surface area (Å²) in [6, 6.07) is 4.18. The maximum atomic E-state index is 5.45. The van der Waals surface area contributed by atoms with Crippen LogP contribution in [0, 0.1) is 6.92 Å². The lowest BCUT2D eigenvalue weighted by Crippen LogP contribution is -2.26. The lowest BCUT2D eigenvalue weighted by Gasteiger charge is -2.20. The second kappa shape index (κ2) is 6.39. The van der Waals surface area contributed by atoms with Crippen molar-refractivity contribution >= 4 is 33.9 Å². The summed E-state index contributed by atoms with van der Waals surface area (Å²) in [5.41, 5.74) is 3.62. The topological polar surface area (TPSA) is 23.1 Å². The van der Waals surface area contributed by atoms with Crippen LogP contribution in [-0.4, -0.2) is 27.3 Å². The number of H-pyrrole nitrogens is 1. The van der Waals surface area contributed by atoms with Gasteiger partial charge in [0.25, 0.3) is 5.65 Å². The van der Waals surface area contributed by atoms with E-state index in [1.54, 1.807) is 11.8 Å². The zero-order valence-electron chi connectivity index (χ0n) is 11.6. The minimum Gasteiger partial charge on any atom is -0.358 e. The van der Waals surface area contributed by atoms with E-state index in [0.29, 0.717) is 0 Å². The molecular weight excluding hydrogens is 274 g/mol. The largest absolute Gasteiger partial charge is 0.358 e. The Balaban J connectivity index is 2.06. The summed E-state index contributed by atoms with van der Waals surface area (Å²) in [7, 11) is 0. The van der Waals surface area contributed by atoms with Gasteiger partial charge in [0.2, 0.25) is 0 Å². The minimum atomic E-state index is 0.885. The van der Waals surface area contributed by atoms with Crippen molar-refractivity contribution < 1.29 is 4.40 Å². The second-order valence-corrected chi connectivity index (χ2v) is 6.06. The molecule has 0 atom stereocenters. The Morgan fingerprint density at radius 1 is 1.42 bits per heavy atom. The first-order chi connectivity index (χ1) is 9.15. The van der Waals surface area contributed by atoms with Crippen LogP contribution in [0.3, 0.4) is 0 Å². The molecule has 0 aliphatic carbocycles. The molecule has 0 spiro atoms. The molecule has 0 aliphatic heterocycles. The van der Waals surface area contributed by atoms with Crippen molar-refractivity contribution in [2.24, 2.45) is 0 Å². The molecule has 5 heteroatoms. The van der Waals surface area contributed by atoms with Gasteiger partial charge in [-0.3, -0.25) is 0 Å². The fourth-order valence-corrected chi connectivity index (χ4v) is 3.35. The third-order valence-corrected chi connectivity index (χ3v) is 4.74. The Kier molecular flexibility index (Phi) is 4.82. The van der Waals surface area contributed by atoms with E-state index in [9.17, 15) is 0 Å². The van der Waals surface area contributed by atoms with E-state index in [1.165, 1.54) is 11.3 Å². The average molecular weight is 294 g/mol. The van der Waals surface area contributed by atoms with Crippen LogP contribution in [0.15, 0.2) is 24.5 Å². The van der Waals surface area contributed by atoms with Gasteiger partial charge in [0.05, 0.1) is 11.9 Å². The first-order valence-electron chi connectivity index (χ1n) is 6.55. The van der Waals surface area contributed by atoms with Crippen molar-refractivity contribution in [2.75, 3.05) is 13.1 Å². The maximum absolute atomic E-state index is 5.45. The first-order valence-corrected chi connectivity index (χ1v) is 7.95. The molecule has 2 rings (SSSR count). The lowest BCUT2D eigenvalue weighted by atomic mass is 10.3. The molecule has 0 bridgehead atoms. The summed E-state index contributed by atoms with van der Waals surface area (Å²) >= 11 is 7.17. The van der Waals surface area contributed by atoms with Crippen molar-refractivity contribution in [3.63, 3.8) is 0 Å². The van der Waals surface area contributed by atoms with Gasteiger partial charge in [0.1, 0.15) is 10.5 Å². The van der Waals surface area contributed by atoms with E-state index in [2.05, 4.69) is 59.6 Å². The Bertz CT molecular complexity index is 573. The number of thiocarbonyl (C=S) groups is 1. The van der Waals surface area contributed by atoms with E-state index in [-0.39, 0.29) is 0 Å². The van der Waals surface area contributed by atoms with E-state index in [4.69, 9.17) is 12.2 Å². The molecule has 0 saturated heterocycles. The molecule has 1 N–H and O–H groups in total. The molecule has 0 saturated carbocycles. The van der Waals surface area contributed by atoms with Crippen LogP contribution in [-0.2, 0) is 5.75 Å². The van der Waals surface area contributed by atoms with Crippen molar-refractivity contribution in [2.45, 2.75) is 26.5 Å². The number of hydrogen-bond donors (Lipinski definition) is 1. The SMILES string of the molecule is CCN(CC)C(=S)SCc1c[n+]2cccc(C)c2[nH]1. The number of aromatic nitrogens is 2. The molecule has 0 amide bonds. The second-order valence-electron chi connectivity index (χ2n) is 4.45. The van der Waals surface area contributed by atoms with Crippen LogP contribution in [0.4, 0.5) is 0 Å². The van der Waals surface area contributed by atoms with Crippen molar-refractivity contribution in [3.8, 4) is 0 Å². The number of rotatable bonds is 4. The Morgan fingerprint density at radius 3 is 2.79 bits per heavy atom. The predicted octanol–water partition coefficient (Wildman–Crippen LogP) is 2.92. The molecular formula is C14H20N3S2+. The summed E-state index contributed by atoms with van der Waals surface area (Å²) in [6.07, 6.45) is 4.20. The molecule has 102 valence electrons. The van der Waals surface area contributed by atoms with Gasteiger partial charge in [-0.05, 0) is 32.9 Å². The van der Waals surface area contributed by atoms with Crippen LogP contribution in [0.5, 0.6) is 0 Å². The summed E-state index contributed by atoms with van der Waals surface area (Å²) < 4.78 is 3.11. The normalized spacial score (nSPS) is 10.9. The molecule has 0 fully saturated rings. The number of hydrogen-bond acceptors (Lipinski definition) is 2. The summed E-state index contributed by atoms with van der Waals surface area (Å²) in [4.78, 5) is 5.67. The van der Waals surface area contributed by atoms with E-state index < -0.39 is 0 Å². The minimum absolute atomic E-state index is 0.885. The molecule has 2 aromatic rings. The fraction of sp³-hybridized carbons (Fsp3) is 0.429. The van der Waals surface area contributed by atoms with E-state index in [1.807, 2.05) is 0 Å². The Morgan fingerprint density at radius 2 is 2.16 bits per heavy atom. The number of aromatic amines is 1. The highest BCUT2D eigenvalue weighted by molar-refractivity contribution is 8.22. The van der Waals surface area contributed by atoms with Gasteiger partial charge in [-0.25, -0.2) is 9.38 Å². The smallest absolute Gasteiger partial charge is 0.287 e. The molecule has 0 aromatic carbocycles. The first kappa shape index (κ1) is 14.3. The van der Waals surface area contributed by atoms with Crippen LogP contribution < -0.4 is 4.40 Å². The van der Waals surface area contributed by atoms with Gasteiger partial charge >= 0.3 is 0 Å². The van der Waals surface area contributed by atoms with Crippen LogP contribution in [0.25, 0.3) is 5.65 Å². The van der Waals surface area contributed by atoms with Gasteiger partial charge in [-0.2, -0.15) is 0 Å². The number of nitrogens with zero attached hydrogens (tertiary/aromatic N) is 2. The standard InChI is InChI=1S/C14H19N3S2/c1-4-16(5-2)14(18)19-10-12-9-17-8-6-7-11(3)13(17)15-12/h6-9H,4-5,10H2,1-3H3/p+1. The van der Waals surface area contributed by atoms with Crippen LogP contribution >= 0.6 is 24.0 Å². The summed E-state index contributed by atoms with van der Waals surface area (Å²) in [5.74, 6) is 0.885. The number of imidazole rings is 1. The molecule has 2 heterocycles. The summed E-state index contributed by atoms with van der Waals surface area (Å²) in [5, 5.41) is 0. The third-order valence-electron chi connectivity index (χ3n) is 3.17. The monoisotopic (exact) mass is 294 g/mol. The van der Waals surface area contributed by atoms with Crippen molar-refractivity contribution in [1.29, 1.82) is 0 Å². The van der Waals surface area contributed by atoms with Gasteiger partial charge in [-0.1, -0.05) is 24.0 Å². The average Bonchev–Trinajstić information content (AvgIpc) is 2.82. The summed E-state index contributed by atoms with van der Waals surface area (Å²) in [6.45, 7) is 8.34. The van der Waals surface area contributed by atoms with E-state index >= 15 is 0 Å². The number of fused-ring (bicyclic) bond motifs is 1. The Labute approximate surface area is 124 Å². The number of aryl methyl sites for hydroxylation is 1. The van der Waals surface area contributed by atoms with Gasteiger partial charge in [-0.15, -0.1) is 0 Å². The molecule has 3 nitrogen and oxygen atoms in total. The quantitative estimate of drug-likeness (QED) is 0.693. The van der Waals surface area contributed by atoms with Crippen LogP contribution in [0.2, 0.25) is 0 Å². The van der Waals surface area contributed by atoms with Gasteiger partial charge in [0, 0.05) is 18.7 Å². The number of thioether (sulfide) groups is 1. The van der Waals surface area contributed by atoms with E-state index in [0.717, 1.165) is 28.8 Å². The highest BCUT2D eigenvalue weighted by Crippen LogP contribution is 2.15.